The van der Waals surface area contributed by atoms with Gasteiger partial charge in [-0.3, -0.25) is 4.79 Å². The second kappa shape index (κ2) is 10.3. The van der Waals surface area contributed by atoms with Gasteiger partial charge in [-0.15, -0.1) is 6.58 Å². The largest absolute Gasteiger partial charge is 0.481 e. The molecular formula is C26H28O7S. The number of ether oxygens (including phenoxy) is 1. The van der Waals surface area contributed by atoms with Crippen LogP contribution in [0.4, 0.5) is 0 Å². The molecule has 1 aliphatic heterocycles. The Kier molecular flexibility index (Phi) is 7.61. The number of cyclic esters (lactones) is 1. The predicted molar refractivity (Wildman–Crippen MR) is 128 cm³/mol. The summed E-state index contributed by atoms with van der Waals surface area (Å²) in [5.41, 5.74) is 4.63. The minimum Gasteiger partial charge on any atom is -0.481 e. The van der Waals surface area contributed by atoms with E-state index >= 15 is 0 Å². The van der Waals surface area contributed by atoms with Crippen LogP contribution in [0.5, 0.6) is 5.75 Å². The number of carbonyl (C=O) groups excluding carboxylic acids is 1. The molecule has 0 unspecified atom stereocenters. The van der Waals surface area contributed by atoms with Gasteiger partial charge in [0.25, 0.3) is 0 Å². The van der Waals surface area contributed by atoms with Crippen LogP contribution in [-0.4, -0.2) is 25.5 Å². The van der Waals surface area contributed by atoms with E-state index in [-0.39, 0.29) is 35.7 Å². The zero-order valence-corrected chi connectivity index (χ0v) is 20.3. The van der Waals surface area contributed by atoms with Crippen molar-refractivity contribution in [2.24, 2.45) is 0 Å². The molecule has 0 saturated carbocycles. The third kappa shape index (κ3) is 5.39. The molecule has 180 valence electrons. The summed E-state index contributed by atoms with van der Waals surface area (Å²) in [6, 6.07) is 6.25. The topological polar surface area (TPSA) is 107 Å². The SMILES string of the molecule is C=CCc1c(C)c2c(c(OS(=O)(=O)c3ccc(C)cc3)c1C/C=C(\C)CCC(=O)O)C(=O)OC2. The highest BCUT2D eigenvalue weighted by atomic mass is 32.2. The van der Waals surface area contributed by atoms with E-state index < -0.39 is 22.1 Å². The van der Waals surface area contributed by atoms with E-state index in [1.54, 1.807) is 18.2 Å². The molecule has 2 aromatic carbocycles. The molecule has 0 atom stereocenters. The lowest BCUT2D eigenvalue weighted by molar-refractivity contribution is -0.136. The lowest BCUT2D eigenvalue weighted by Crippen LogP contribution is -2.16. The molecule has 1 N–H and O–H groups in total. The summed E-state index contributed by atoms with van der Waals surface area (Å²) in [4.78, 5) is 23.5. The van der Waals surface area contributed by atoms with Crippen molar-refractivity contribution in [3.8, 4) is 5.75 Å². The summed E-state index contributed by atoms with van der Waals surface area (Å²) in [5.74, 6) is -1.57. The molecule has 0 saturated heterocycles. The van der Waals surface area contributed by atoms with Crippen LogP contribution in [-0.2, 0) is 39.1 Å². The summed E-state index contributed by atoms with van der Waals surface area (Å²) >= 11 is 0. The number of fused-ring (bicyclic) bond motifs is 1. The normalized spacial score (nSPS) is 13.4. The third-order valence-corrected chi connectivity index (χ3v) is 7.10. The number of carboxylic acids is 1. The lowest BCUT2D eigenvalue weighted by atomic mass is 9.88. The van der Waals surface area contributed by atoms with Crippen molar-refractivity contribution in [1.82, 2.24) is 0 Å². The Bertz CT molecular complexity index is 1270. The Labute approximate surface area is 199 Å². The van der Waals surface area contributed by atoms with Crippen LogP contribution >= 0.6 is 0 Å². The highest BCUT2D eigenvalue weighted by Gasteiger charge is 2.34. The first-order valence-corrected chi connectivity index (χ1v) is 12.3. The number of aliphatic carboxylic acids is 1. The van der Waals surface area contributed by atoms with Gasteiger partial charge in [-0.05, 0) is 63.3 Å². The summed E-state index contributed by atoms with van der Waals surface area (Å²) in [6.45, 7) is 9.38. The minimum atomic E-state index is -4.23. The molecule has 1 aliphatic rings. The molecule has 0 fully saturated rings. The average molecular weight is 485 g/mol. The highest BCUT2D eigenvalue weighted by molar-refractivity contribution is 7.87. The van der Waals surface area contributed by atoms with E-state index in [0.717, 1.165) is 22.3 Å². The molecule has 34 heavy (non-hydrogen) atoms. The number of esters is 1. The number of benzene rings is 2. The fraction of sp³-hybridized carbons (Fsp3) is 0.308. The van der Waals surface area contributed by atoms with Gasteiger partial charge in [0.2, 0.25) is 0 Å². The van der Waals surface area contributed by atoms with E-state index in [1.165, 1.54) is 12.1 Å². The van der Waals surface area contributed by atoms with Gasteiger partial charge in [0, 0.05) is 17.5 Å². The van der Waals surface area contributed by atoms with Crippen LogP contribution in [0.2, 0.25) is 0 Å². The van der Waals surface area contributed by atoms with Crippen molar-refractivity contribution < 1.29 is 32.0 Å². The number of rotatable bonds is 10. The van der Waals surface area contributed by atoms with Gasteiger partial charge in [-0.25, -0.2) is 4.79 Å². The van der Waals surface area contributed by atoms with Gasteiger partial charge < -0.3 is 14.0 Å². The predicted octanol–water partition coefficient (Wildman–Crippen LogP) is 4.82. The monoisotopic (exact) mass is 484 g/mol. The Morgan fingerprint density at radius 3 is 2.44 bits per heavy atom. The van der Waals surface area contributed by atoms with Gasteiger partial charge in [-0.2, -0.15) is 8.42 Å². The maximum atomic E-state index is 13.2. The molecule has 3 rings (SSSR count). The summed E-state index contributed by atoms with van der Waals surface area (Å²) in [6.07, 6.45) is 4.58. The summed E-state index contributed by atoms with van der Waals surface area (Å²) < 4.78 is 37.2. The third-order valence-electron chi connectivity index (χ3n) is 5.86. The number of aryl methyl sites for hydroxylation is 1. The fourth-order valence-corrected chi connectivity index (χ4v) is 4.87. The number of carbonyl (C=O) groups is 2. The van der Waals surface area contributed by atoms with Crippen LogP contribution < -0.4 is 4.18 Å². The summed E-state index contributed by atoms with van der Waals surface area (Å²) in [5, 5.41) is 8.95. The van der Waals surface area contributed by atoms with Crippen molar-refractivity contribution >= 4 is 22.1 Å². The van der Waals surface area contributed by atoms with Crippen LogP contribution in [0.25, 0.3) is 0 Å². The quantitative estimate of drug-likeness (QED) is 0.293. The standard InChI is InChI=1S/C26H28O7S/c1-5-6-20-18(4)22-15-32-26(29)24(22)25(21(20)13-9-17(3)10-14-23(27)28)33-34(30,31)19-11-7-16(2)8-12-19/h5,7-9,11-12H,1,6,10,13-15H2,2-4H3,(H,27,28)/b17-9+. The molecule has 0 bridgehead atoms. The summed E-state index contributed by atoms with van der Waals surface area (Å²) in [7, 11) is -4.23. The van der Waals surface area contributed by atoms with Gasteiger partial charge in [-0.1, -0.05) is 35.4 Å². The molecule has 0 spiro atoms. The number of allylic oxidation sites excluding steroid dienone is 3. The van der Waals surface area contributed by atoms with Crippen LogP contribution in [0.1, 0.15) is 57.9 Å². The zero-order valence-electron chi connectivity index (χ0n) is 19.5. The van der Waals surface area contributed by atoms with Crippen molar-refractivity contribution in [1.29, 1.82) is 0 Å². The van der Waals surface area contributed by atoms with E-state index in [1.807, 2.05) is 26.8 Å². The maximum Gasteiger partial charge on any atom is 0.342 e. The minimum absolute atomic E-state index is 0.0114. The molecule has 0 aromatic heterocycles. The van der Waals surface area contributed by atoms with Crippen LogP contribution in [0.15, 0.2) is 53.5 Å². The Hall–Kier alpha value is -3.39. The Morgan fingerprint density at radius 1 is 1.15 bits per heavy atom. The smallest absolute Gasteiger partial charge is 0.342 e. The molecule has 0 radical (unpaired) electrons. The molecule has 8 heteroatoms. The average Bonchev–Trinajstić information content (AvgIpc) is 3.17. The first-order valence-electron chi connectivity index (χ1n) is 10.9. The van der Waals surface area contributed by atoms with Crippen molar-refractivity contribution in [3.63, 3.8) is 0 Å². The van der Waals surface area contributed by atoms with Gasteiger partial charge in [0.1, 0.15) is 17.1 Å². The molecular weight excluding hydrogens is 456 g/mol. The van der Waals surface area contributed by atoms with Crippen LogP contribution in [0, 0.1) is 13.8 Å². The Balaban J connectivity index is 2.16. The van der Waals surface area contributed by atoms with Crippen molar-refractivity contribution in [2.75, 3.05) is 0 Å². The van der Waals surface area contributed by atoms with E-state index in [9.17, 15) is 18.0 Å². The molecule has 7 nitrogen and oxygen atoms in total. The number of hydrogen-bond acceptors (Lipinski definition) is 6. The molecule has 0 aliphatic carbocycles. The zero-order chi connectivity index (χ0) is 25.0. The lowest BCUT2D eigenvalue weighted by Gasteiger charge is -2.20. The second-order valence-electron chi connectivity index (χ2n) is 8.33. The van der Waals surface area contributed by atoms with E-state index in [4.69, 9.17) is 14.0 Å². The van der Waals surface area contributed by atoms with Crippen molar-refractivity contribution in [3.05, 3.63) is 82.0 Å². The molecule has 2 aromatic rings. The maximum absolute atomic E-state index is 13.2. The molecule has 0 amide bonds. The highest BCUT2D eigenvalue weighted by Crippen LogP contribution is 2.40. The van der Waals surface area contributed by atoms with Gasteiger partial charge >= 0.3 is 22.1 Å². The van der Waals surface area contributed by atoms with E-state index in [0.29, 0.717) is 24.0 Å². The molecule has 1 heterocycles. The van der Waals surface area contributed by atoms with E-state index in [2.05, 4.69) is 6.58 Å². The first kappa shape index (κ1) is 25.2. The van der Waals surface area contributed by atoms with Crippen LogP contribution in [0.3, 0.4) is 0 Å². The van der Waals surface area contributed by atoms with Gasteiger partial charge in [0.05, 0.1) is 0 Å². The fourth-order valence-electron chi connectivity index (χ4n) is 3.90. The number of hydrogen-bond donors (Lipinski definition) is 1. The van der Waals surface area contributed by atoms with Crippen molar-refractivity contribution in [2.45, 2.75) is 58.0 Å². The first-order chi connectivity index (χ1) is 16.0. The van der Waals surface area contributed by atoms with Gasteiger partial charge in [0.15, 0.2) is 5.75 Å². The number of carboxylic acid groups (broad SMARTS) is 1. The Morgan fingerprint density at radius 2 is 1.82 bits per heavy atom. The second-order valence-corrected chi connectivity index (χ2v) is 9.88.